The number of benzene rings is 2. The van der Waals surface area contributed by atoms with E-state index in [0.29, 0.717) is 52.1 Å². The second kappa shape index (κ2) is 12.9. The average molecular weight is 535 g/mol. The third kappa shape index (κ3) is 6.19. The number of carbonyl (C=O) groups is 2. The molecule has 1 atom stereocenters. The van der Waals surface area contributed by atoms with Crippen molar-refractivity contribution < 1.29 is 32.7 Å². The van der Waals surface area contributed by atoms with Crippen molar-refractivity contribution >= 4 is 35.4 Å². The molecule has 0 bridgehead atoms. The third-order valence-corrected chi connectivity index (χ3v) is 8.16. The van der Waals surface area contributed by atoms with Gasteiger partial charge in [-0.25, -0.2) is 0 Å². The Bertz CT molecular complexity index is 1070. The van der Waals surface area contributed by atoms with Crippen molar-refractivity contribution in [3.8, 4) is 0 Å². The molecule has 2 aromatic rings. The summed E-state index contributed by atoms with van der Waals surface area (Å²) in [5.41, 5.74) is 0.615. The Morgan fingerprint density at radius 2 is 1.25 bits per heavy atom. The molecule has 0 aliphatic carbocycles. The molecular formula is C27H34O7S2. The zero-order valence-electron chi connectivity index (χ0n) is 21.0. The standard InChI is InChI=1S/C14H18O4S.C13H16O3S/c1-17-13(15)14(6-8-18-9-7-14)11-4-3-5-12(10-11)19(2)16;1-15-12(14)13(5-7-16-8-6-13)10-3-2-4-11(17)9-10/h3-5,10H,6-9H2,1-2H3;2-4,9,17H,5-8H2,1H3. The molecule has 2 saturated heterocycles. The molecule has 2 fully saturated rings. The normalized spacial score (nSPS) is 19.2. The van der Waals surface area contributed by atoms with Crippen LogP contribution in [0.15, 0.2) is 58.3 Å². The van der Waals surface area contributed by atoms with Gasteiger partial charge in [-0.1, -0.05) is 24.3 Å². The van der Waals surface area contributed by atoms with Gasteiger partial charge in [0.15, 0.2) is 0 Å². The van der Waals surface area contributed by atoms with E-state index in [-0.39, 0.29) is 11.9 Å². The van der Waals surface area contributed by atoms with Crippen molar-refractivity contribution in [1.29, 1.82) is 0 Å². The van der Waals surface area contributed by atoms with E-state index in [1.165, 1.54) is 14.2 Å². The summed E-state index contributed by atoms with van der Waals surface area (Å²) in [6.45, 7) is 2.25. The van der Waals surface area contributed by atoms with E-state index >= 15 is 0 Å². The Kier molecular flexibility index (Phi) is 10.1. The molecule has 0 saturated carbocycles. The van der Waals surface area contributed by atoms with Gasteiger partial charge in [-0.2, -0.15) is 0 Å². The number of esters is 2. The summed E-state index contributed by atoms with van der Waals surface area (Å²) in [5.74, 6) is -0.422. The first-order valence-electron chi connectivity index (χ1n) is 11.8. The molecule has 4 rings (SSSR count). The molecule has 2 aromatic carbocycles. The van der Waals surface area contributed by atoms with Gasteiger partial charge in [0.1, 0.15) is 0 Å². The van der Waals surface area contributed by atoms with Crippen molar-refractivity contribution in [3.05, 3.63) is 59.7 Å². The van der Waals surface area contributed by atoms with Crippen LogP contribution in [-0.4, -0.2) is 63.1 Å². The quantitative estimate of drug-likeness (QED) is 0.461. The number of rotatable bonds is 5. The number of methoxy groups -OCH3 is 2. The minimum absolute atomic E-state index is 0.181. The van der Waals surface area contributed by atoms with Crippen LogP contribution >= 0.6 is 12.6 Å². The summed E-state index contributed by atoms with van der Waals surface area (Å²) in [6.07, 6.45) is 4.15. The number of thiol groups is 1. The summed E-state index contributed by atoms with van der Waals surface area (Å²) >= 11 is 4.33. The summed E-state index contributed by atoms with van der Waals surface area (Å²) < 4.78 is 32.2. The Hall–Kier alpha value is -2.20. The Morgan fingerprint density at radius 3 is 1.67 bits per heavy atom. The van der Waals surface area contributed by atoms with Crippen LogP contribution in [0.1, 0.15) is 36.8 Å². The largest absolute Gasteiger partial charge is 0.468 e. The molecule has 196 valence electrons. The van der Waals surface area contributed by atoms with Crippen molar-refractivity contribution in [2.24, 2.45) is 0 Å². The van der Waals surface area contributed by atoms with E-state index in [9.17, 15) is 13.8 Å². The van der Waals surface area contributed by atoms with Gasteiger partial charge in [0.05, 0.1) is 25.0 Å². The highest BCUT2D eigenvalue weighted by atomic mass is 32.2. The maximum absolute atomic E-state index is 12.2. The molecule has 0 N–H and O–H groups in total. The summed E-state index contributed by atoms with van der Waals surface area (Å²) in [6, 6.07) is 15.1. The first-order chi connectivity index (χ1) is 17.3. The van der Waals surface area contributed by atoms with Crippen LogP contribution in [0.2, 0.25) is 0 Å². The van der Waals surface area contributed by atoms with E-state index in [2.05, 4.69) is 12.6 Å². The fraction of sp³-hybridized carbons (Fsp3) is 0.481. The first-order valence-corrected chi connectivity index (χ1v) is 13.9. The van der Waals surface area contributed by atoms with Crippen molar-refractivity contribution in [2.75, 3.05) is 46.9 Å². The molecule has 2 aliphatic rings. The van der Waals surface area contributed by atoms with Crippen LogP contribution in [0.5, 0.6) is 0 Å². The van der Waals surface area contributed by atoms with Crippen LogP contribution in [-0.2, 0) is 50.2 Å². The third-order valence-electron chi connectivity index (χ3n) is 6.96. The molecule has 7 nitrogen and oxygen atoms in total. The lowest BCUT2D eigenvalue weighted by atomic mass is 9.74. The number of hydrogen-bond donors (Lipinski definition) is 1. The van der Waals surface area contributed by atoms with Gasteiger partial charge in [-0.05, 0) is 61.1 Å². The molecule has 0 amide bonds. The SMILES string of the molecule is COC(=O)C1(c2cccc(S(C)=O)c2)CCOCC1.COC(=O)C1(c2cccc(S)c2)CCOCC1. The van der Waals surface area contributed by atoms with Crippen molar-refractivity contribution in [3.63, 3.8) is 0 Å². The molecule has 36 heavy (non-hydrogen) atoms. The summed E-state index contributed by atoms with van der Waals surface area (Å²) in [4.78, 5) is 25.9. The zero-order chi connectivity index (χ0) is 26.2. The number of carbonyl (C=O) groups excluding carboxylic acids is 2. The molecule has 0 spiro atoms. The fourth-order valence-electron chi connectivity index (χ4n) is 4.83. The zero-order valence-corrected chi connectivity index (χ0v) is 22.7. The minimum atomic E-state index is -1.06. The molecule has 9 heteroatoms. The lowest BCUT2D eigenvalue weighted by Gasteiger charge is -2.35. The molecule has 2 aliphatic heterocycles. The van der Waals surface area contributed by atoms with Crippen molar-refractivity contribution in [1.82, 2.24) is 0 Å². The van der Waals surface area contributed by atoms with Gasteiger partial charge >= 0.3 is 11.9 Å². The summed E-state index contributed by atoms with van der Waals surface area (Å²) in [5, 5.41) is 0. The smallest absolute Gasteiger partial charge is 0.316 e. The van der Waals surface area contributed by atoms with Crippen LogP contribution in [0.4, 0.5) is 0 Å². The van der Waals surface area contributed by atoms with Gasteiger partial charge in [-0.3, -0.25) is 13.8 Å². The minimum Gasteiger partial charge on any atom is -0.468 e. The lowest BCUT2D eigenvalue weighted by molar-refractivity contribution is -0.152. The van der Waals surface area contributed by atoms with Gasteiger partial charge < -0.3 is 18.9 Å². The molecule has 1 unspecified atom stereocenters. The van der Waals surface area contributed by atoms with Crippen LogP contribution < -0.4 is 0 Å². The highest BCUT2D eigenvalue weighted by Gasteiger charge is 2.44. The second-order valence-corrected chi connectivity index (χ2v) is 10.8. The Balaban J connectivity index is 0.000000202. The van der Waals surface area contributed by atoms with Crippen LogP contribution in [0.3, 0.4) is 0 Å². The van der Waals surface area contributed by atoms with Crippen molar-refractivity contribution in [2.45, 2.75) is 46.3 Å². The van der Waals surface area contributed by atoms with Gasteiger partial charge in [0.2, 0.25) is 0 Å². The van der Waals surface area contributed by atoms with Gasteiger partial charge in [0, 0.05) is 53.3 Å². The summed E-state index contributed by atoms with van der Waals surface area (Å²) in [7, 11) is 1.78. The fourth-order valence-corrected chi connectivity index (χ4v) is 5.62. The maximum atomic E-state index is 12.2. The first kappa shape index (κ1) is 28.4. The predicted octanol–water partition coefficient (Wildman–Crippen LogP) is 3.84. The van der Waals surface area contributed by atoms with E-state index in [1.807, 2.05) is 48.5 Å². The van der Waals surface area contributed by atoms with Crippen LogP contribution in [0.25, 0.3) is 0 Å². The average Bonchev–Trinajstić information content (AvgIpc) is 2.93. The van der Waals surface area contributed by atoms with Gasteiger partial charge in [0.25, 0.3) is 0 Å². The highest BCUT2D eigenvalue weighted by Crippen LogP contribution is 2.38. The second-order valence-electron chi connectivity index (χ2n) is 8.90. The lowest BCUT2D eigenvalue weighted by Crippen LogP contribution is -2.42. The predicted molar refractivity (Wildman–Crippen MR) is 140 cm³/mol. The number of hydrogen-bond acceptors (Lipinski definition) is 8. The topological polar surface area (TPSA) is 88.1 Å². The van der Waals surface area contributed by atoms with Gasteiger partial charge in [-0.15, -0.1) is 12.6 Å². The van der Waals surface area contributed by atoms with E-state index in [0.717, 1.165) is 20.9 Å². The molecule has 2 heterocycles. The van der Waals surface area contributed by atoms with E-state index in [4.69, 9.17) is 18.9 Å². The van der Waals surface area contributed by atoms with E-state index in [1.54, 1.807) is 6.26 Å². The molecule has 0 aromatic heterocycles. The molecule has 0 radical (unpaired) electrons. The molecular weight excluding hydrogens is 500 g/mol. The maximum Gasteiger partial charge on any atom is 0.316 e. The number of ether oxygens (including phenoxy) is 4. The monoisotopic (exact) mass is 534 g/mol. The Labute approximate surface area is 220 Å². The Morgan fingerprint density at radius 1 is 0.806 bits per heavy atom. The highest BCUT2D eigenvalue weighted by molar-refractivity contribution is 7.84. The van der Waals surface area contributed by atoms with Crippen LogP contribution in [0, 0.1) is 0 Å². The van der Waals surface area contributed by atoms with E-state index < -0.39 is 21.6 Å².